The van der Waals surface area contributed by atoms with Gasteiger partial charge in [0.25, 0.3) is 5.69 Å². The van der Waals surface area contributed by atoms with E-state index in [-0.39, 0.29) is 10.6 Å². The van der Waals surface area contributed by atoms with Gasteiger partial charge in [0.2, 0.25) is 0 Å². The number of hydrogen-bond donors (Lipinski definition) is 1. The fraction of sp³-hybridized carbons (Fsp3) is 0.533. The number of nitrogens with zero attached hydrogens (tertiary/aromatic N) is 2. The van der Waals surface area contributed by atoms with Gasteiger partial charge in [0.05, 0.1) is 16.8 Å². The molecule has 5 heteroatoms. The van der Waals surface area contributed by atoms with E-state index in [1.54, 1.807) is 12.1 Å². The molecule has 0 spiro atoms. The van der Waals surface area contributed by atoms with E-state index in [1.807, 2.05) is 12.1 Å². The van der Waals surface area contributed by atoms with Crippen LogP contribution in [-0.4, -0.2) is 16.8 Å². The minimum Gasteiger partial charge on any atom is -0.387 e. The number of benzene rings is 1. The van der Waals surface area contributed by atoms with Crippen LogP contribution in [0.15, 0.2) is 29.3 Å². The third-order valence-electron chi connectivity index (χ3n) is 3.74. The lowest BCUT2D eigenvalue weighted by molar-refractivity contribution is -0.385. The second-order valence-corrected chi connectivity index (χ2v) is 5.30. The molecule has 1 aliphatic rings. The molecule has 0 saturated carbocycles. The van der Waals surface area contributed by atoms with Gasteiger partial charge in [0, 0.05) is 18.1 Å². The van der Waals surface area contributed by atoms with Crippen molar-refractivity contribution in [3.8, 4) is 0 Å². The molecule has 0 aromatic heterocycles. The molecule has 108 valence electrons. The van der Waals surface area contributed by atoms with E-state index < -0.39 is 0 Å². The molecule has 2 N–H and O–H groups in total. The summed E-state index contributed by atoms with van der Waals surface area (Å²) in [5, 5.41) is 10.9. The average Bonchev–Trinajstić information content (AvgIpc) is 2.63. The fourth-order valence-electron chi connectivity index (χ4n) is 2.69. The average molecular weight is 275 g/mol. The molecule has 1 aromatic rings. The van der Waals surface area contributed by atoms with Gasteiger partial charge in [-0.15, -0.1) is 0 Å². The highest BCUT2D eigenvalue weighted by molar-refractivity contribution is 5.80. The number of aliphatic imine (C=N–C) groups is 1. The van der Waals surface area contributed by atoms with Crippen LogP contribution in [0.25, 0.3) is 0 Å². The molecule has 0 aliphatic carbocycles. The van der Waals surface area contributed by atoms with Crippen LogP contribution in [0.4, 0.5) is 5.69 Å². The largest absolute Gasteiger partial charge is 0.387 e. The lowest BCUT2D eigenvalue weighted by atomic mass is 10.0. The maximum absolute atomic E-state index is 10.9. The minimum atomic E-state index is -0.308. The van der Waals surface area contributed by atoms with E-state index in [1.165, 1.54) is 6.42 Å². The Balaban J connectivity index is 1.90. The van der Waals surface area contributed by atoms with Crippen LogP contribution in [-0.2, 0) is 6.42 Å². The Bertz CT molecular complexity index is 500. The summed E-state index contributed by atoms with van der Waals surface area (Å²) in [6, 6.07) is 7.25. The van der Waals surface area contributed by atoms with E-state index in [0.717, 1.165) is 49.9 Å². The predicted octanol–water partition coefficient (Wildman–Crippen LogP) is 3.22. The zero-order valence-corrected chi connectivity index (χ0v) is 11.6. The minimum absolute atomic E-state index is 0.219. The quantitative estimate of drug-likeness (QED) is 0.661. The maximum atomic E-state index is 10.9. The lowest BCUT2D eigenvalue weighted by Crippen LogP contribution is -2.14. The Hall–Kier alpha value is -1.91. The van der Waals surface area contributed by atoms with Gasteiger partial charge >= 0.3 is 0 Å². The summed E-state index contributed by atoms with van der Waals surface area (Å²) < 4.78 is 0. The molecule has 1 unspecified atom stereocenters. The summed E-state index contributed by atoms with van der Waals surface area (Å²) >= 11 is 0. The van der Waals surface area contributed by atoms with Crippen molar-refractivity contribution in [1.29, 1.82) is 0 Å². The molecule has 1 heterocycles. The smallest absolute Gasteiger partial charge is 0.272 e. The highest BCUT2D eigenvalue weighted by atomic mass is 16.6. The first kappa shape index (κ1) is 14.5. The SMILES string of the molecule is NC1=NC(CCCc2ccccc2[N+](=O)[O-])CCCC1. The number of nitrogens with two attached hydrogens (primary N) is 1. The normalized spacial score (nSPS) is 19.2. The molecule has 0 radical (unpaired) electrons. The van der Waals surface area contributed by atoms with Crippen molar-refractivity contribution in [1.82, 2.24) is 0 Å². The van der Waals surface area contributed by atoms with E-state index in [4.69, 9.17) is 5.73 Å². The van der Waals surface area contributed by atoms with Gasteiger partial charge in [-0.05, 0) is 32.1 Å². The Morgan fingerprint density at radius 3 is 2.95 bits per heavy atom. The van der Waals surface area contributed by atoms with Crippen LogP contribution in [0, 0.1) is 10.1 Å². The summed E-state index contributed by atoms with van der Waals surface area (Å²) in [5.74, 6) is 0.762. The Morgan fingerprint density at radius 2 is 2.15 bits per heavy atom. The molecule has 5 nitrogen and oxygen atoms in total. The van der Waals surface area contributed by atoms with Crippen LogP contribution < -0.4 is 5.73 Å². The first-order valence-electron chi connectivity index (χ1n) is 7.21. The summed E-state index contributed by atoms with van der Waals surface area (Å²) in [6.45, 7) is 0. The van der Waals surface area contributed by atoms with E-state index in [9.17, 15) is 10.1 Å². The standard InChI is InChI=1S/C15H21N3O2/c16-15-11-4-2-8-13(17-15)9-5-7-12-6-1-3-10-14(12)18(19)20/h1,3,6,10,13H,2,4-5,7-9,11H2,(H2,16,17). The number of hydrogen-bond acceptors (Lipinski definition) is 4. The number of rotatable bonds is 5. The number of nitro groups is 1. The van der Waals surface area contributed by atoms with Gasteiger partial charge in [-0.2, -0.15) is 0 Å². The van der Waals surface area contributed by atoms with Crippen molar-refractivity contribution in [3.05, 3.63) is 39.9 Å². The van der Waals surface area contributed by atoms with Crippen LogP contribution in [0.5, 0.6) is 0 Å². The highest BCUT2D eigenvalue weighted by Gasteiger charge is 2.14. The van der Waals surface area contributed by atoms with Crippen molar-refractivity contribution >= 4 is 11.5 Å². The molecule has 2 rings (SSSR count). The van der Waals surface area contributed by atoms with Crippen LogP contribution >= 0.6 is 0 Å². The van der Waals surface area contributed by atoms with Crippen LogP contribution in [0.3, 0.4) is 0 Å². The Morgan fingerprint density at radius 1 is 1.35 bits per heavy atom. The second-order valence-electron chi connectivity index (χ2n) is 5.30. The summed E-state index contributed by atoms with van der Waals surface area (Å²) in [7, 11) is 0. The lowest BCUT2D eigenvalue weighted by Gasteiger charge is -2.10. The van der Waals surface area contributed by atoms with Gasteiger partial charge in [-0.1, -0.05) is 24.6 Å². The van der Waals surface area contributed by atoms with Crippen LogP contribution in [0.2, 0.25) is 0 Å². The molecule has 0 bridgehead atoms. The third-order valence-corrected chi connectivity index (χ3v) is 3.74. The summed E-state index contributed by atoms with van der Waals surface area (Å²) in [6.07, 6.45) is 6.86. The topological polar surface area (TPSA) is 81.5 Å². The molecule has 0 amide bonds. The molecular weight excluding hydrogens is 254 g/mol. The monoisotopic (exact) mass is 275 g/mol. The zero-order valence-electron chi connectivity index (χ0n) is 11.6. The van der Waals surface area contributed by atoms with Crippen molar-refractivity contribution in [2.75, 3.05) is 0 Å². The maximum Gasteiger partial charge on any atom is 0.272 e. The highest BCUT2D eigenvalue weighted by Crippen LogP contribution is 2.22. The number of amidine groups is 1. The molecule has 1 aromatic carbocycles. The van der Waals surface area contributed by atoms with E-state index in [2.05, 4.69) is 4.99 Å². The number of aryl methyl sites for hydroxylation is 1. The van der Waals surface area contributed by atoms with E-state index in [0.29, 0.717) is 6.04 Å². The van der Waals surface area contributed by atoms with Crippen molar-refractivity contribution in [2.45, 2.75) is 51.0 Å². The van der Waals surface area contributed by atoms with Crippen molar-refractivity contribution in [3.63, 3.8) is 0 Å². The molecule has 0 saturated heterocycles. The summed E-state index contributed by atoms with van der Waals surface area (Å²) in [5.41, 5.74) is 6.86. The summed E-state index contributed by atoms with van der Waals surface area (Å²) in [4.78, 5) is 15.2. The number of para-hydroxylation sites is 1. The molecule has 1 aliphatic heterocycles. The van der Waals surface area contributed by atoms with Crippen LogP contribution in [0.1, 0.15) is 44.1 Å². The molecule has 20 heavy (non-hydrogen) atoms. The van der Waals surface area contributed by atoms with Gasteiger partial charge in [0.15, 0.2) is 0 Å². The first-order valence-corrected chi connectivity index (χ1v) is 7.21. The van der Waals surface area contributed by atoms with E-state index >= 15 is 0 Å². The Kier molecular flexibility index (Phi) is 5.09. The van der Waals surface area contributed by atoms with Crippen molar-refractivity contribution < 1.29 is 4.92 Å². The molecule has 1 atom stereocenters. The second kappa shape index (κ2) is 7.03. The fourth-order valence-corrected chi connectivity index (χ4v) is 2.69. The zero-order chi connectivity index (χ0) is 14.4. The Labute approximate surface area is 119 Å². The molecule has 0 fully saturated rings. The van der Waals surface area contributed by atoms with Crippen molar-refractivity contribution in [2.24, 2.45) is 10.7 Å². The van der Waals surface area contributed by atoms with Gasteiger partial charge in [0.1, 0.15) is 0 Å². The van der Waals surface area contributed by atoms with Gasteiger partial charge in [-0.25, -0.2) is 0 Å². The third kappa shape index (κ3) is 4.05. The molecular formula is C15H21N3O2. The predicted molar refractivity (Wildman–Crippen MR) is 79.9 cm³/mol. The first-order chi connectivity index (χ1) is 9.66. The number of nitro benzene ring substituents is 1. The van der Waals surface area contributed by atoms with Gasteiger partial charge < -0.3 is 5.73 Å². The van der Waals surface area contributed by atoms with Gasteiger partial charge in [-0.3, -0.25) is 15.1 Å².